The maximum Gasteiger partial charge on any atom is 0.274 e. The standard InChI is InChI=1S/C16H19BrN4O/c1-18-13-5-3-8-20(11-13)16(22)15-7-9-21(19-15)14-6-2-4-12(17)10-14/h2,4,6-7,9-10,13,18H,3,5,8,11H2,1H3/t13-/m1/s1. The molecule has 116 valence electrons. The van der Waals surface area contributed by atoms with E-state index in [9.17, 15) is 4.79 Å². The van der Waals surface area contributed by atoms with Crippen LogP contribution in [0.1, 0.15) is 23.3 Å². The summed E-state index contributed by atoms with van der Waals surface area (Å²) < 4.78 is 2.72. The topological polar surface area (TPSA) is 50.2 Å². The average Bonchev–Trinajstić information content (AvgIpc) is 3.04. The molecule has 0 unspecified atom stereocenters. The number of carbonyl (C=O) groups is 1. The van der Waals surface area contributed by atoms with E-state index in [0.29, 0.717) is 11.7 Å². The van der Waals surface area contributed by atoms with Crippen LogP contribution in [0.25, 0.3) is 5.69 Å². The van der Waals surface area contributed by atoms with E-state index in [4.69, 9.17) is 0 Å². The molecule has 1 amide bonds. The largest absolute Gasteiger partial charge is 0.336 e. The van der Waals surface area contributed by atoms with E-state index in [2.05, 4.69) is 26.3 Å². The molecule has 1 aliphatic rings. The smallest absolute Gasteiger partial charge is 0.274 e. The van der Waals surface area contributed by atoms with Crippen molar-refractivity contribution in [2.75, 3.05) is 20.1 Å². The summed E-state index contributed by atoms with van der Waals surface area (Å²) in [7, 11) is 1.95. The first kappa shape index (κ1) is 15.2. The number of carbonyl (C=O) groups excluding carboxylic acids is 1. The number of amides is 1. The number of hydrogen-bond acceptors (Lipinski definition) is 3. The molecule has 0 aliphatic carbocycles. The van der Waals surface area contributed by atoms with Gasteiger partial charge in [-0.25, -0.2) is 4.68 Å². The first-order valence-electron chi connectivity index (χ1n) is 7.45. The van der Waals surface area contributed by atoms with Gasteiger partial charge < -0.3 is 10.2 Å². The van der Waals surface area contributed by atoms with Crippen molar-refractivity contribution in [3.05, 3.63) is 46.7 Å². The number of hydrogen-bond donors (Lipinski definition) is 1. The van der Waals surface area contributed by atoms with E-state index in [1.165, 1.54) is 0 Å². The summed E-state index contributed by atoms with van der Waals surface area (Å²) in [5.74, 6) is 0.00805. The Bertz CT molecular complexity index is 670. The van der Waals surface area contributed by atoms with Crippen molar-refractivity contribution >= 4 is 21.8 Å². The molecular formula is C16H19BrN4O. The van der Waals surface area contributed by atoms with Crippen LogP contribution in [0.5, 0.6) is 0 Å². The summed E-state index contributed by atoms with van der Waals surface area (Å²) in [5.41, 5.74) is 1.43. The lowest BCUT2D eigenvalue weighted by molar-refractivity contribution is 0.0691. The van der Waals surface area contributed by atoms with Crippen LogP contribution in [0.3, 0.4) is 0 Å². The summed E-state index contributed by atoms with van der Waals surface area (Å²) in [5, 5.41) is 7.68. The fraction of sp³-hybridized carbons (Fsp3) is 0.375. The first-order chi connectivity index (χ1) is 10.7. The molecule has 1 aliphatic heterocycles. The zero-order valence-corrected chi connectivity index (χ0v) is 14.1. The monoisotopic (exact) mass is 362 g/mol. The van der Waals surface area contributed by atoms with Gasteiger partial charge >= 0.3 is 0 Å². The number of halogens is 1. The van der Waals surface area contributed by atoms with Crippen LogP contribution in [0.15, 0.2) is 41.0 Å². The second kappa shape index (κ2) is 6.62. The van der Waals surface area contributed by atoms with E-state index in [1.54, 1.807) is 10.7 Å². The van der Waals surface area contributed by atoms with Gasteiger partial charge in [0.1, 0.15) is 0 Å². The van der Waals surface area contributed by atoms with Gasteiger partial charge in [0, 0.05) is 29.8 Å². The van der Waals surface area contributed by atoms with Gasteiger partial charge in [-0.1, -0.05) is 22.0 Å². The number of likely N-dealkylation sites (N-methyl/N-ethyl adjacent to an activating group) is 1. The first-order valence-corrected chi connectivity index (χ1v) is 8.25. The maximum absolute atomic E-state index is 12.6. The second-order valence-electron chi connectivity index (χ2n) is 5.50. The third kappa shape index (κ3) is 3.23. The van der Waals surface area contributed by atoms with Crippen LogP contribution in [-0.2, 0) is 0 Å². The van der Waals surface area contributed by atoms with Crippen LogP contribution in [0, 0.1) is 0 Å². The lowest BCUT2D eigenvalue weighted by atomic mass is 10.1. The summed E-state index contributed by atoms with van der Waals surface area (Å²) in [6, 6.07) is 10.0. The Morgan fingerprint density at radius 3 is 3.05 bits per heavy atom. The Morgan fingerprint density at radius 1 is 1.41 bits per heavy atom. The van der Waals surface area contributed by atoms with Crippen molar-refractivity contribution < 1.29 is 4.79 Å². The Labute approximate surface area is 138 Å². The number of rotatable bonds is 3. The quantitative estimate of drug-likeness (QED) is 0.912. The molecule has 5 nitrogen and oxygen atoms in total. The molecule has 3 rings (SSSR count). The number of nitrogens with zero attached hydrogens (tertiary/aromatic N) is 3. The molecule has 6 heteroatoms. The highest BCUT2D eigenvalue weighted by Crippen LogP contribution is 2.17. The minimum absolute atomic E-state index is 0.00805. The summed E-state index contributed by atoms with van der Waals surface area (Å²) >= 11 is 3.45. The summed E-state index contributed by atoms with van der Waals surface area (Å²) in [6.45, 7) is 1.56. The molecule has 2 heterocycles. The normalized spacial score (nSPS) is 18.5. The van der Waals surface area contributed by atoms with Crippen molar-refractivity contribution in [3.63, 3.8) is 0 Å². The van der Waals surface area contributed by atoms with Crippen molar-refractivity contribution in [2.45, 2.75) is 18.9 Å². The van der Waals surface area contributed by atoms with E-state index < -0.39 is 0 Å². The third-order valence-corrected chi connectivity index (χ3v) is 4.49. The number of likely N-dealkylation sites (tertiary alicyclic amines) is 1. The highest BCUT2D eigenvalue weighted by atomic mass is 79.9. The van der Waals surface area contributed by atoms with Gasteiger partial charge in [0.05, 0.1) is 5.69 Å². The lowest BCUT2D eigenvalue weighted by Crippen LogP contribution is -2.47. The van der Waals surface area contributed by atoms with Gasteiger partial charge in [0.2, 0.25) is 0 Å². The fourth-order valence-corrected chi connectivity index (χ4v) is 3.15. The zero-order chi connectivity index (χ0) is 15.5. The molecule has 22 heavy (non-hydrogen) atoms. The van der Waals surface area contributed by atoms with Crippen molar-refractivity contribution in [1.29, 1.82) is 0 Å². The molecular weight excluding hydrogens is 344 g/mol. The minimum Gasteiger partial charge on any atom is -0.336 e. The van der Waals surface area contributed by atoms with Gasteiger partial charge in [-0.3, -0.25) is 4.79 Å². The summed E-state index contributed by atoms with van der Waals surface area (Å²) in [6.07, 6.45) is 3.98. The predicted molar refractivity (Wildman–Crippen MR) is 89.2 cm³/mol. The Hall–Kier alpha value is -1.66. The fourth-order valence-electron chi connectivity index (χ4n) is 2.76. The van der Waals surface area contributed by atoms with Gasteiger partial charge in [0.25, 0.3) is 5.91 Å². The van der Waals surface area contributed by atoms with E-state index >= 15 is 0 Å². The van der Waals surface area contributed by atoms with Crippen molar-refractivity contribution in [3.8, 4) is 5.69 Å². The maximum atomic E-state index is 12.6. The molecule has 0 bridgehead atoms. The van der Waals surface area contributed by atoms with Crippen LogP contribution in [0.2, 0.25) is 0 Å². The third-order valence-electron chi connectivity index (χ3n) is 4.00. The molecule has 0 saturated carbocycles. The highest BCUT2D eigenvalue weighted by Gasteiger charge is 2.24. The predicted octanol–water partition coefficient (Wildman–Crippen LogP) is 2.46. The molecule has 0 radical (unpaired) electrons. The zero-order valence-electron chi connectivity index (χ0n) is 12.5. The van der Waals surface area contributed by atoms with Crippen LogP contribution < -0.4 is 5.32 Å². The average molecular weight is 363 g/mol. The van der Waals surface area contributed by atoms with E-state index in [0.717, 1.165) is 36.1 Å². The van der Waals surface area contributed by atoms with Crippen molar-refractivity contribution in [2.24, 2.45) is 0 Å². The van der Waals surface area contributed by atoms with E-state index in [1.807, 2.05) is 42.4 Å². The molecule has 1 N–H and O–H groups in total. The van der Waals surface area contributed by atoms with Gasteiger partial charge in [-0.05, 0) is 44.2 Å². The SMILES string of the molecule is CN[C@@H]1CCCN(C(=O)c2ccn(-c3cccc(Br)c3)n2)C1. The summed E-state index contributed by atoms with van der Waals surface area (Å²) in [4.78, 5) is 14.5. The molecule has 2 aromatic rings. The Morgan fingerprint density at radius 2 is 2.27 bits per heavy atom. The molecule has 1 aromatic carbocycles. The molecule has 1 saturated heterocycles. The molecule has 1 fully saturated rings. The Balaban J connectivity index is 1.77. The number of nitrogens with one attached hydrogen (secondary N) is 1. The lowest BCUT2D eigenvalue weighted by Gasteiger charge is -2.32. The van der Waals surface area contributed by atoms with Crippen LogP contribution in [-0.4, -0.2) is 46.8 Å². The minimum atomic E-state index is 0.00805. The molecule has 0 spiro atoms. The number of piperidine rings is 1. The van der Waals surface area contributed by atoms with Crippen LogP contribution in [0.4, 0.5) is 0 Å². The molecule has 1 atom stereocenters. The Kier molecular flexibility index (Phi) is 4.59. The number of benzene rings is 1. The van der Waals surface area contributed by atoms with Gasteiger partial charge in [-0.15, -0.1) is 0 Å². The molecule has 1 aromatic heterocycles. The van der Waals surface area contributed by atoms with Gasteiger partial charge in [-0.2, -0.15) is 5.10 Å². The highest BCUT2D eigenvalue weighted by molar-refractivity contribution is 9.10. The second-order valence-corrected chi connectivity index (χ2v) is 6.42. The van der Waals surface area contributed by atoms with E-state index in [-0.39, 0.29) is 5.91 Å². The van der Waals surface area contributed by atoms with Crippen molar-refractivity contribution in [1.82, 2.24) is 20.0 Å². The number of aromatic nitrogens is 2. The van der Waals surface area contributed by atoms with Crippen LogP contribution >= 0.6 is 15.9 Å². The van der Waals surface area contributed by atoms with Gasteiger partial charge in [0.15, 0.2) is 5.69 Å².